The van der Waals surface area contributed by atoms with Gasteiger partial charge in [-0.25, -0.2) is 0 Å². The van der Waals surface area contributed by atoms with Crippen LogP contribution in [0, 0.1) is 5.92 Å². The smallest absolute Gasteiger partial charge is 0.130 e. The minimum absolute atomic E-state index is 0.167. The van der Waals surface area contributed by atoms with Gasteiger partial charge >= 0.3 is 0 Å². The molecule has 0 aliphatic carbocycles. The van der Waals surface area contributed by atoms with Gasteiger partial charge in [0.2, 0.25) is 0 Å². The molecule has 0 radical (unpaired) electrons. The third-order valence-electron chi connectivity index (χ3n) is 1.19. The van der Waals surface area contributed by atoms with Crippen molar-refractivity contribution in [1.29, 1.82) is 0 Å². The van der Waals surface area contributed by atoms with Gasteiger partial charge < -0.3 is 14.4 Å². The van der Waals surface area contributed by atoms with Gasteiger partial charge in [-0.05, 0) is 33.6 Å². The summed E-state index contributed by atoms with van der Waals surface area (Å²) in [7, 11) is 0. The third-order valence-corrected chi connectivity index (χ3v) is 1.19. The van der Waals surface area contributed by atoms with Crippen LogP contribution >= 0.6 is 0 Å². The lowest BCUT2D eigenvalue weighted by Gasteiger charge is -1.95. The van der Waals surface area contributed by atoms with Crippen molar-refractivity contribution in [1.82, 2.24) is 0 Å². The Hall–Kier alpha value is -0.990. The molecule has 16 heavy (non-hydrogen) atoms. The van der Waals surface area contributed by atoms with Gasteiger partial charge in [-0.2, -0.15) is 0 Å². The summed E-state index contributed by atoms with van der Waals surface area (Å²) in [6.45, 7) is 12.2. The standard InChI is InChI=1S/C6H12O.C4H8O.C3H6O/c1-5(2)4-6(3)7;1-3-4(2)5;1-3(2)4/h5H,4H2,1-3H3;3H2,1-2H3;1-2H3. The lowest BCUT2D eigenvalue weighted by molar-refractivity contribution is -0.118. The molecular formula is C13H26O3. The van der Waals surface area contributed by atoms with E-state index in [1.165, 1.54) is 13.8 Å². The fraction of sp³-hybridized carbons (Fsp3) is 0.769. The molecule has 0 aliphatic rings. The highest BCUT2D eigenvalue weighted by molar-refractivity contribution is 5.75. The SMILES string of the molecule is CC(=O)CC(C)C.CC(C)=O.CCC(C)=O. The highest BCUT2D eigenvalue weighted by Gasteiger charge is 1.95. The molecule has 0 bridgehead atoms. The third kappa shape index (κ3) is 74.8. The highest BCUT2D eigenvalue weighted by atomic mass is 16.1. The maximum Gasteiger partial charge on any atom is 0.130 e. The number of hydrogen-bond acceptors (Lipinski definition) is 3. The molecule has 0 saturated carbocycles. The summed E-state index contributed by atoms with van der Waals surface area (Å²) < 4.78 is 0. The van der Waals surface area contributed by atoms with Crippen LogP contribution in [-0.2, 0) is 14.4 Å². The summed E-state index contributed by atoms with van der Waals surface area (Å²) in [6, 6.07) is 0. The molecule has 96 valence electrons. The van der Waals surface area contributed by atoms with Crippen molar-refractivity contribution in [3.05, 3.63) is 0 Å². The second-order valence-corrected chi connectivity index (χ2v) is 4.26. The molecule has 0 unspecified atom stereocenters. The van der Waals surface area contributed by atoms with E-state index in [1.807, 2.05) is 20.8 Å². The molecule has 0 atom stereocenters. The van der Waals surface area contributed by atoms with Crippen LogP contribution in [0.3, 0.4) is 0 Å². The van der Waals surface area contributed by atoms with Crippen molar-refractivity contribution < 1.29 is 14.4 Å². The molecule has 0 aromatic carbocycles. The number of carbonyl (C=O) groups excluding carboxylic acids is 3. The van der Waals surface area contributed by atoms with E-state index in [9.17, 15) is 14.4 Å². The van der Waals surface area contributed by atoms with Crippen molar-refractivity contribution in [3.63, 3.8) is 0 Å². The summed E-state index contributed by atoms with van der Waals surface area (Å²) in [5.41, 5.74) is 0. The first kappa shape index (κ1) is 20.4. The number of rotatable bonds is 3. The second-order valence-electron chi connectivity index (χ2n) is 4.26. The summed E-state index contributed by atoms with van der Waals surface area (Å²) in [4.78, 5) is 29.5. The predicted octanol–water partition coefficient (Wildman–Crippen LogP) is 3.20. The molecule has 3 heteroatoms. The molecule has 0 spiro atoms. The van der Waals surface area contributed by atoms with Gasteiger partial charge in [0.05, 0.1) is 0 Å². The number of carbonyl (C=O) groups is 3. The molecule has 0 aromatic rings. The second kappa shape index (κ2) is 14.0. The van der Waals surface area contributed by atoms with Gasteiger partial charge in [0.1, 0.15) is 17.3 Å². The maximum absolute atomic E-state index is 10.3. The molecule has 0 rings (SSSR count). The Balaban J connectivity index is -0.000000166. The molecular weight excluding hydrogens is 204 g/mol. The Morgan fingerprint density at radius 3 is 1.12 bits per heavy atom. The maximum atomic E-state index is 10.3. The van der Waals surface area contributed by atoms with Crippen molar-refractivity contribution >= 4 is 17.3 Å². The Morgan fingerprint density at radius 2 is 1.12 bits per heavy atom. The van der Waals surface area contributed by atoms with Crippen LogP contribution in [0.5, 0.6) is 0 Å². The van der Waals surface area contributed by atoms with E-state index >= 15 is 0 Å². The largest absolute Gasteiger partial charge is 0.300 e. The number of Topliss-reactive ketones (excluding diaryl/α,β-unsaturated/α-hetero) is 3. The molecule has 0 heterocycles. The lowest BCUT2D eigenvalue weighted by Crippen LogP contribution is -1.95. The van der Waals surface area contributed by atoms with E-state index in [1.54, 1.807) is 13.8 Å². The first-order chi connectivity index (χ1) is 7.13. The molecule has 0 amide bonds. The van der Waals surface area contributed by atoms with Gasteiger partial charge in [0.25, 0.3) is 0 Å². The zero-order valence-electron chi connectivity index (χ0n) is 11.7. The summed E-state index contributed by atoms with van der Waals surface area (Å²) >= 11 is 0. The Labute approximate surface area is 99.6 Å². The van der Waals surface area contributed by atoms with Gasteiger partial charge in [0, 0.05) is 12.8 Å². The predicted molar refractivity (Wildman–Crippen MR) is 67.5 cm³/mol. The van der Waals surface area contributed by atoms with Crippen LogP contribution in [-0.4, -0.2) is 17.3 Å². The summed E-state index contributed by atoms with van der Waals surface area (Å²) in [6.07, 6.45) is 1.39. The fourth-order valence-corrected chi connectivity index (χ4v) is 0.575. The van der Waals surface area contributed by atoms with E-state index in [4.69, 9.17) is 0 Å². The van der Waals surface area contributed by atoms with Crippen molar-refractivity contribution in [2.75, 3.05) is 0 Å². The first-order valence-electron chi connectivity index (χ1n) is 5.59. The minimum atomic E-state index is 0.167. The van der Waals surface area contributed by atoms with Crippen LogP contribution in [0.15, 0.2) is 0 Å². The molecule has 3 nitrogen and oxygen atoms in total. The van der Waals surface area contributed by atoms with Gasteiger partial charge in [-0.15, -0.1) is 0 Å². The number of ketones is 3. The van der Waals surface area contributed by atoms with Crippen LogP contribution in [0.2, 0.25) is 0 Å². The fourth-order valence-electron chi connectivity index (χ4n) is 0.575. The average molecular weight is 230 g/mol. The van der Waals surface area contributed by atoms with Gasteiger partial charge in [-0.3, -0.25) is 0 Å². The summed E-state index contributed by atoms with van der Waals surface area (Å²) in [5, 5.41) is 0. The topological polar surface area (TPSA) is 51.2 Å². The molecule has 0 N–H and O–H groups in total. The van der Waals surface area contributed by atoms with Gasteiger partial charge in [-0.1, -0.05) is 20.8 Å². The normalized spacial score (nSPS) is 8.25. The molecule has 0 aliphatic heterocycles. The van der Waals surface area contributed by atoms with Crippen LogP contribution in [0.4, 0.5) is 0 Å². The first-order valence-corrected chi connectivity index (χ1v) is 5.59. The van der Waals surface area contributed by atoms with E-state index in [2.05, 4.69) is 0 Å². The zero-order chi connectivity index (χ0) is 13.7. The monoisotopic (exact) mass is 230 g/mol. The Kier molecular flexibility index (Phi) is 17.9. The quantitative estimate of drug-likeness (QED) is 0.748. The van der Waals surface area contributed by atoms with E-state index in [0.717, 1.165) is 6.42 Å². The summed E-state index contributed by atoms with van der Waals surface area (Å²) in [5.74, 6) is 1.23. The molecule has 0 fully saturated rings. The van der Waals surface area contributed by atoms with Gasteiger partial charge in [0.15, 0.2) is 0 Å². The Morgan fingerprint density at radius 1 is 0.875 bits per heavy atom. The zero-order valence-corrected chi connectivity index (χ0v) is 11.7. The average Bonchev–Trinajstić information content (AvgIpc) is 2.01. The van der Waals surface area contributed by atoms with Crippen molar-refractivity contribution in [2.45, 2.75) is 61.3 Å². The van der Waals surface area contributed by atoms with E-state index < -0.39 is 0 Å². The van der Waals surface area contributed by atoms with Crippen LogP contribution in [0.1, 0.15) is 61.3 Å². The van der Waals surface area contributed by atoms with Crippen LogP contribution in [0.25, 0.3) is 0 Å². The Bertz CT molecular complexity index is 201. The molecule has 0 aromatic heterocycles. The number of hydrogen-bond donors (Lipinski definition) is 0. The highest BCUT2D eigenvalue weighted by Crippen LogP contribution is 1.97. The van der Waals surface area contributed by atoms with E-state index in [0.29, 0.717) is 12.3 Å². The van der Waals surface area contributed by atoms with Crippen molar-refractivity contribution in [3.8, 4) is 0 Å². The molecule has 0 saturated heterocycles. The minimum Gasteiger partial charge on any atom is -0.300 e. The van der Waals surface area contributed by atoms with Crippen LogP contribution < -0.4 is 0 Å². The van der Waals surface area contributed by atoms with E-state index in [-0.39, 0.29) is 17.3 Å². The van der Waals surface area contributed by atoms with Crippen molar-refractivity contribution in [2.24, 2.45) is 5.92 Å². The lowest BCUT2D eigenvalue weighted by atomic mass is 10.1.